The molecule has 2 aromatic carbocycles. The van der Waals surface area contributed by atoms with Gasteiger partial charge in [0, 0.05) is 44.8 Å². The van der Waals surface area contributed by atoms with Crippen LogP contribution in [0.4, 0.5) is 4.79 Å². The standard InChI is InChI=1S/C22H18Cl2N2O2S/c1-2-10-25-12-14(15-6-3-4-9-19(15)25)11-20-21(27)26(22(28)29-20)13-16-17(23)7-5-8-18(16)24/h3-9,11-12H,2,10,13H2,1H3/b20-11-. The van der Waals surface area contributed by atoms with Crippen LogP contribution in [0.15, 0.2) is 53.6 Å². The maximum atomic E-state index is 12.9. The van der Waals surface area contributed by atoms with Gasteiger partial charge in [-0.3, -0.25) is 14.5 Å². The van der Waals surface area contributed by atoms with Gasteiger partial charge in [0.05, 0.1) is 11.4 Å². The number of hydrogen-bond acceptors (Lipinski definition) is 3. The maximum Gasteiger partial charge on any atom is 0.293 e. The number of thioether (sulfide) groups is 1. The number of hydrogen-bond donors (Lipinski definition) is 0. The third-order valence-electron chi connectivity index (χ3n) is 4.82. The summed E-state index contributed by atoms with van der Waals surface area (Å²) in [5.74, 6) is -0.330. The fourth-order valence-corrected chi connectivity index (χ4v) is 4.78. The van der Waals surface area contributed by atoms with E-state index < -0.39 is 0 Å². The lowest BCUT2D eigenvalue weighted by molar-refractivity contribution is -0.123. The normalized spacial score (nSPS) is 15.8. The summed E-state index contributed by atoms with van der Waals surface area (Å²) in [5, 5.41) is 1.60. The van der Waals surface area contributed by atoms with Crippen molar-refractivity contribution in [1.29, 1.82) is 0 Å². The number of para-hydroxylation sites is 1. The van der Waals surface area contributed by atoms with E-state index in [2.05, 4.69) is 17.6 Å². The quantitative estimate of drug-likeness (QED) is 0.416. The Morgan fingerprint density at radius 1 is 1.03 bits per heavy atom. The minimum atomic E-state index is -0.330. The number of aromatic nitrogens is 1. The molecule has 2 heterocycles. The monoisotopic (exact) mass is 444 g/mol. The molecule has 0 atom stereocenters. The third-order valence-corrected chi connectivity index (χ3v) is 6.44. The molecule has 0 saturated carbocycles. The minimum absolute atomic E-state index is 0.0537. The predicted molar refractivity (Wildman–Crippen MR) is 120 cm³/mol. The molecule has 3 aromatic rings. The van der Waals surface area contributed by atoms with Gasteiger partial charge in [-0.25, -0.2) is 0 Å². The first-order valence-corrected chi connectivity index (χ1v) is 10.8. The van der Waals surface area contributed by atoms with Crippen molar-refractivity contribution in [2.45, 2.75) is 26.4 Å². The van der Waals surface area contributed by atoms with Gasteiger partial charge >= 0.3 is 0 Å². The Hall–Kier alpha value is -2.21. The number of nitrogens with zero attached hydrogens (tertiary/aromatic N) is 2. The van der Waals surface area contributed by atoms with Crippen LogP contribution in [-0.4, -0.2) is 20.6 Å². The molecule has 0 unspecified atom stereocenters. The summed E-state index contributed by atoms with van der Waals surface area (Å²) in [6, 6.07) is 13.2. The summed E-state index contributed by atoms with van der Waals surface area (Å²) < 4.78 is 2.18. The predicted octanol–water partition coefficient (Wildman–Crippen LogP) is 6.59. The first-order chi connectivity index (χ1) is 14.0. The van der Waals surface area contributed by atoms with E-state index in [1.807, 2.05) is 24.4 Å². The molecule has 0 aliphatic carbocycles. The topological polar surface area (TPSA) is 42.3 Å². The summed E-state index contributed by atoms with van der Waals surface area (Å²) in [4.78, 5) is 27.0. The summed E-state index contributed by atoms with van der Waals surface area (Å²) in [5.41, 5.74) is 2.61. The number of rotatable bonds is 5. The molecule has 29 heavy (non-hydrogen) atoms. The van der Waals surface area contributed by atoms with Gasteiger partial charge in [0.2, 0.25) is 0 Å². The van der Waals surface area contributed by atoms with Crippen LogP contribution in [0.1, 0.15) is 24.5 Å². The minimum Gasteiger partial charge on any atom is -0.347 e. The van der Waals surface area contributed by atoms with Crippen LogP contribution in [0.25, 0.3) is 17.0 Å². The number of amides is 2. The van der Waals surface area contributed by atoms with E-state index in [1.54, 1.807) is 24.3 Å². The van der Waals surface area contributed by atoms with Crippen LogP contribution < -0.4 is 0 Å². The zero-order valence-corrected chi connectivity index (χ0v) is 18.0. The largest absolute Gasteiger partial charge is 0.347 e. The first-order valence-electron chi connectivity index (χ1n) is 9.25. The Balaban J connectivity index is 1.67. The molecule has 1 aliphatic heterocycles. The summed E-state index contributed by atoms with van der Waals surface area (Å²) in [6.45, 7) is 3.07. The lowest BCUT2D eigenvalue weighted by atomic mass is 10.1. The van der Waals surface area contributed by atoms with Crippen molar-refractivity contribution in [2.24, 2.45) is 0 Å². The van der Waals surface area contributed by atoms with E-state index in [0.717, 1.165) is 41.2 Å². The molecule has 2 amide bonds. The van der Waals surface area contributed by atoms with E-state index >= 15 is 0 Å². The van der Waals surface area contributed by atoms with Gasteiger partial charge in [0.15, 0.2) is 0 Å². The number of carbonyl (C=O) groups excluding carboxylic acids is 2. The van der Waals surface area contributed by atoms with Crippen molar-refractivity contribution in [3.63, 3.8) is 0 Å². The van der Waals surface area contributed by atoms with Crippen molar-refractivity contribution < 1.29 is 9.59 Å². The van der Waals surface area contributed by atoms with Crippen molar-refractivity contribution in [2.75, 3.05) is 0 Å². The fourth-order valence-electron chi connectivity index (χ4n) is 3.44. The SMILES string of the molecule is CCCn1cc(/C=C2\SC(=O)N(Cc3c(Cl)cccc3Cl)C2=O)c2ccccc21. The van der Waals surface area contributed by atoms with Crippen LogP contribution in [0.2, 0.25) is 10.0 Å². The highest BCUT2D eigenvalue weighted by atomic mass is 35.5. The lowest BCUT2D eigenvalue weighted by Gasteiger charge is -2.14. The molecule has 4 rings (SSSR count). The van der Waals surface area contributed by atoms with E-state index in [0.29, 0.717) is 20.5 Å². The fraction of sp³-hybridized carbons (Fsp3) is 0.182. The number of halogens is 2. The second-order valence-corrected chi connectivity index (χ2v) is 8.57. The molecule has 7 heteroatoms. The Morgan fingerprint density at radius 3 is 2.48 bits per heavy atom. The summed E-state index contributed by atoms with van der Waals surface area (Å²) >= 11 is 13.4. The molecule has 1 aliphatic rings. The van der Waals surface area contributed by atoms with Crippen molar-refractivity contribution >= 4 is 63.1 Å². The van der Waals surface area contributed by atoms with E-state index in [9.17, 15) is 9.59 Å². The van der Waals surface area contributed by atoms with Gasteiger partial charge < -0.3 is 4.57 Å². The number of aryl methyl sites for hydroxylation is 1. The van der Waals surface area contributed by atoms with E-state index in [1.165, 1.54) is 4.90 Å². The molecule has 0 bridgehead atoms. The summed E-state index contributed by atoms with van der Waals surface area (Å²) in [6.07, 6.45) is 4.84. The van der Waals surface area contributed by atoms with Crippen LogP contribution in [0.3, 0.4) is 0 Å². The van der Waals surface area contributed by atoms with Crippen LogP contribution in [0, 0.1) is 0 Å². The smallest absolute Gasteiger partial charge is 0.293 e. The average molecular weight is 445 g/mol. The molecule has 4 nitrogen and oxygen atoms in total. The summed E-state index contributed by atoms with van der Waals surface area (Å²) in [7, 11) is 0. The molecular weight excluding hydrogens is 427 g/mol. The number of benzene rings is 2. The Labute approximate surface area is 183 Å². The molecule has 1 aromatic heterocycles. The molecule has 1 fully saturated rings. The van der Waals surface area contributed by atoms with E-state index in [4.69, 9.17) is 23.2 Å². The van der Waals surface area contributed by atoms with Gasteiger partial charge in [-0.2, -0.15) is 0 Å². The van der Waals surface area contributed by atoms with Crippen molar-refractivity contribution in [3.05, 3.63) is 74.7 Å². The van der Waals surface area contributed by atoms with Crippen LogP contribution in [0.5, 0.6) is 0 Å². The van der Waals surface area contributed by atoms with Gasteiger partial charge in [-0.05, 0) is 42.5 Å². The van der Waals surface area contributed by atoms with Gasteiger partial charge in [-0.15, -0.1) is 0 Å². The van der Waals surface area contributed by atoms with Crippen LogP contribution in [-0.2, 0) is 17.9 Å². The van der Waals surface area contributed by atoms with Gasteiger partial charge in [-0.1, -0.05) is 54.4 Å². The second-order valence-electron chi connectivity index (χ2n) is 6.76. The lowest BCUT2D eigenvalue weighted by Crippen LogP contribution is -2.27. The first kappa shape index (κ1) is 20.1. The molecule has 1 saturated heterocycles. The number of fused-ring (bicyclic) bond motifs is 1. The molecule has 0 radical (unpaired) electrons. The van der Waals surface area contributed by atoms with Gasteiger partial charge in [0.1, 0.15) is 0 Å². The van der Waals surface area contributed by atoms with Gasteiger partial charge in [0.25, 0.3) is 11.1 Å². The molecule has 0 spiro atoms. The Morgan fingerprint density at radius 2 is 1.76 bits per heavy atom. The maximum absolute atomic E-state index is 12.9. The average Bonchev–Trinajstić information content (AvgIpc) is 3.17. The van der Waals surface area contributed by atoms with E-state index in [-0.39, 0.29) is 17.7 Å². The highest BCUT2D eigenvalue weighted by molar-refractivity contribution is 8.18. The number of imide groups is 1. The highest BCUT2D eigenvalue weighted by Gasteiger charge is 2.36. The zero-order valence-electron chi connectivity index (χ0n) is 15.7. The third kappa shape index (κ3) is 3.82. The molecule has 0 N–H and O–H groups in total. The molecular formula is C22H18Cl2N2O2S. The second kappa shape index (κ2) is 8.27. The number of carbonyl (C=O) groups is 2. The molecule has 148 valence electrons. The van der Waals surface area contributed by atoms with Crippen LogP contribution >= 0.6 is 35.0 Å². The Bertz CT molecular complexity index is 1130. The zero-order chi connectivity index (χ0) is 20.5. The van der Waals surface area contributed by atoms with Crippen molar-refractivity contribution in [3.8, 4) is 0 Å². The Kier molecular flexibility index (Phi) is 5.72. The highest BCUT2D eigenvalue weighted by Crippen LogP contribution is 2.36. The van der Waals surface area contributed by atoms with Crippen molar-refractivity contribution in [1.82, 2.24) is 9.47 Å².